The number of piperazine rings is 1. The number of urea groups is 1. The molecule has 2 amide bonds. The Labute approximate surface area is 165 Å². The Morgan fingerprint density at radius 2 is 1.54 bits per heavy atom. The SMILES string of the molecule is COc1cc(NC(=O)N2CCN(Cc3ccccc3)CC2)cc(OC)c1OC. The molecule has 28 heavy (non-hydrogen) atoms. The molecule has 0 atom stereocenters. The van der Waals surface area contributed by atoms with E-state index >= 15 is 0 Å². The maximum absolute atomic E-state index is 12.7. The Morgan fingerprint density at radius 3 is 2.07 bits per heavy atom. The van der Waals surface area contributed by atoms with Crippen molar-refractivity contribution < 1.29 is 19.0 Å². The second-order valence-electron chi connectivity index (χ2n) is 6.59. The molecular weight excluding hydrogens is 358 g/mol. The lowest BCUT2D eigenvalue weighted by molar-refractivity contribution is 0.143. The molecule has 1 saturated heterocycles. The Hall–Kier alpha value is -2.93. The van der Waals surface area contributed by atoms with E-state index in [1.165, 1.54) is 5.56 Å². The van der Waals surface area contributed by atoms with Crippen molar-refractivity contribution in [2.75, 3.05) is 52.8 Å². The third-order valence-corrected chi connectivity index (χ3v) is 4.82. The number of ether oxygens (including phenoxy) is 3. The van der Waals surface area contributed by atoms with E-state index in [1.54, 1.807) is 33.5 Å². The van der Waals surface area contributed by atoms with Crippen LogP contribution in [0.4, 0.5) is 10.5 Å². The average molecular weight is 385 g/mol. The molecule has 2 aromatic rings. The summed E-state index contributed by atoms with van der Waals surface area (Å²) in [6.45, 7) is 3.96. The number of nitrogens with one attached hydrogen (secondary N) is 1. The quantitative estimate of drug-likeness (QED) is 0.828. The van der Waals surface area contributed by atoms with Gasteiger partial charge in [0.2, 0.25) is 5.75 Å². The van der Waals surface area contributed by atoms with Gasteiger partial charge in [0.25, 0.3) is 0 Å². The number of methoxy groups -OCH3 is 3. The number of nitrogens with zero attached hydrogens (tertiary/aromatic N) is 2. The summed E-state index contributed by atoms with van der Waals surface area (Å²) in [5, 5.41) is 2.93. The number of hydrogen-bond acceptors (Lipinski definition) is 5. The van der Waals surface area contributed by atoms with Crippen LogP contribution in [0.5, 0.6) is 17.2 Å². The van der Waals surface area contributed by atoms with Crippen molar-refractivity contribution >= 4 is 11.7 Å². The minimum atomic E-state index is -0.131. The van der Waals surface area contributed by atoms with Gasteiger partial charge >= 0.3 is 6.03 Å². The first-order valence-electron chi connectivity index (χ1n) is 9.26. The van der Waals surface area contributed by atoms with Crippen LogP contribution in [0.15, 0.2) is 42.5 Å². The summed E-state index contributed by atoms with van der Waals surface area (Å²) in [4.78, 5) is 16.9. The number of carbonyl (C=O) groups excluding carboxylic acids is 1. The van der Waals surface area contributed by atoms with Crippen LogP contribution in [0.2, 0.25) is 0 Å². The largest absolute Gasteiger partial charge is 0.493 e. The molecule has 0 aliphatic carbocycles. The maximum atomic E-state index is 12.7. The van der Waals surface area contributed by atoms with Crippen LogP contribution < -0.4 is 19.5 Å². The molecule has 1 aliphatic rings. The second-order valence-corrected chi connectivity index (χ2v) is 6.59. The van der Waals surface area contributed by atoms with Crippen molar-refractivity contribution in [2.45, 2.75) is 6.54 Å². The van der Waals surface area contributed by atoms with Crippen LogP contribution >= 0.6 is 0 Å². The van der Waals surface area contributed by atoms with Crippen LogP contribution in [-0.4, -0.2) is 63.3 Å². The zero-order valence-corrected chi connectivity index (χ0v) is 16.6. The maximum Gasteiger partial charge on any atom is 0.321 e. The molecule has 1 fully saturated rings. The Bertz CT molecular complexity index is 764. The predicted molar refractivity (Wildman–Crippen MR) is 108 cm³/mol. The van der Waals surface area contributed by atoms with Crippen LogP contribution in [0.3, 0.4) is 0 Å². The number of benzene rings is 2. The first-order valence-corrected chi connectivity index (χ1v) is 9.26. The van der Waals surface area contributed by atoms with Crippen molar-refractivity contribution in [3.63, 3.8) is 0 Å². The minimum absolute atomic E-state index is 0.131. The molecule has 2 aromatic carbocycles. The summed E-state index contributed by atoms with van der Waals surface area (Å²) < 4.78 is 16.0. The first kappa shape index (κ1) is 19.8. The third-order valence-electron chi connectivity index (χ3n) is 4.82. The molecule has 0 radical (unpaired) electrons. The molecule has 1 heterocycles. The van der Waals surface area contributed by atoms with Gasteiger partial charge in [-0.2, -0.15) is 0 Å². The molecule has 7 heteroatoms. The molecule has 0 aromatic heterocycles. The first-order chi connectivity index (χ1) is 13.6. The number of hydrogen-bond donors (Lipinski definition) is 1. The van der Waals surface area contributed by atoms with E-state index in [4.69, 9.17) is 14.2 Å². The van der Waals surface area contributed by atoms with E-state index in [0.29, 0.717) is 36.0 Å². The van der Waals surface area contributed by atoms with Crippen molar-refractivity contribution in [2.24, 2.45) is 0 Å². The second kappa shape index (κ2) is 9.32. The summed E-state index contributed by atoms with van der Waals surface area (Å²) >= 11 is 0. The third kappa shape index (κ3) is 4.67. The van der Waals surface area contributed by atoms with E-state index in [2.05, 4.69) is 34.5 Å². The highest BCUT2D eigenvalue weighted by Crippen LogP contribution is 2.40. The lowest BCUT2D eigenvalue weighted by Gasteiger charge is -2.34. The fourth-order valence-electron chi connectivity index (χ4n) is 3.31. The standard InChI is InChI=1S/C21H27N3O4/c1-26-18-13-17(14-19(27-2)20(18)28-3)22-21(25)24-11-9-23(10-12-24)15-16-7-5-4-6-8-16/h4-8,13-14H,9-12,15H2,1-3H3,(H,22,25). The summed E-state index contributed by atoms with van der Waals surface area (Å²) in [5.41, 5.74) is 1.89. The molecule has 3 rings (SSSR count). The van der Waals surface area contributed by atoms with Gasteiger partial charge in [-0.3, -0.25) is 4.90 Å². The van der Waals surface area contributed by atoms with Crippen LogP contribution in [-0.2, 0) is 6.54 Å². The highest BCUT2D eigenvalue weighted by atomic mass is 16.5. The van der Waals surface area contributed by atoms with E-state index in [1.807, 2.05) is 11.0 Å². The van der Waals surface area contributed by atoms with E-state index < -0.39 is 0 Å². The highest BCUT2D eigenvalue weighted by Gasteiger charge is 2.22. The molecule has 150 valence electrons. The molecule has 0 unspecified atom stereocenters. The monoisotopic (exact) mass is 385 g/mol. The van der Waals surface area contributed by atoms with Gasteiger partial charge in [-0.15, -0.1) is 0 Å². The normalized spacial score (nSPS) is 14.5. The molecule has 0 saturated carbocycles. The van der Waals surface area contributed by atoms with Crippen LogP contribution in [0, 0.1) is 0 Å². The topological polar surface area (TPSA) is 63.3 Å². The van der Waals surface area contributed by atoms with Crippen LogP contribution in [0.1, 0.15) is 5.56 Å². The predicted octanol–water partition coefficient (Wildman–Crippen LogP) is 3.06. The van der Waals surface area contributed by atoms with Gasteiger partial charge in [0.05, 0.1) is 27.0 Å². The highest BCUT2D eigenvalue weighted by molar-refractivity contribution is 5.90. The summed E-state index contributed by atoms with van der Waals surface area (Å²) in [6, 6.07) is 13.7. The summed E-state index contributed by atoms with van der Waals surface area (Å²) in [5.74, 6) is 1.51. The van der Waals surface area contributed by atoms with Crippen molar-refractivity contribution in [3.05, 3.63) is 48.0 Å². The Balaban J connectivity index is 1.58. The number of anilines is 1. The molecule has 0 spiro atoms. The molecule has 1 aliphatic heterocycles. The minimum Gasteiger partial charge on any atom is -0.493 e. The van der Waals surface area contributed by atoms with E-state index in [0.717, 1.165) is 19.6 Å². The van der Waals surface area contributed by atoms with E-state index in [9.17, 15) is 4.79 Å². The Morgan fingerprint density at radius 1 is 0.929 bits per heavy atom. The van der Waals surface area contributed by atoms with Crippen molar-refractivity contribution in [3.8, 4) is 17.2 Å². The van der Waals surface area contributed by atoms with Crippen LogP contribution in [0.25, 0.3) is 0 Å². The average Bonchev–Trinajstić information content (AvgIpc) is 2.74. The van der Waals surface area contributed by atoms with E-state index in [-0.39, 0.29) is 6.03 Å². The molecule has 0 bridgehead atoms. The molecular formula is C21H27N3O4. The zero-order chi connectivity index (χ0) is 19.9. The lowest BCUT2D eigenvalue weighted by atomic mass is 10.2. The molecule has 1 N–H and O–H groups in total. The Kier molecular flexibility index (Phi) is 6.60. The molecule has 7 nitrogen and oxygen atoms in total. The van der Waals surface area contributed by atoms with Gasteiger partial charge in [0, 0.05) is 44.9 Å². The van der Waals surface area contributed by atoms with Crippen molar-refractivity contribution in [1.29, 1.82) is 0 Å². The van der Waals surface area contributed by atoms with Gasteiger partial charge in [0.1, 0.15) is 0 Å². The van der Waals surface area contributed by atoms with Gasteiger partial charge in [-0.05, 0) is 5.56 Å². The zero-order valence-electron chi connectivity index (χ0n) is 16.6. The smallest absolute Gasteiger partial charge is 0.321 e. The fourth-order valence-corrected chi connectivity index (χ4v) is 3.31. The summed E-state index contributed by atoms with van der Waals surface area (Å²) in [6.07, 6.45) is 0. The number of amides is 2. The number of carbonyl (C=O) groups is 1. The lowest BCUT2D eigenvalue weighted by Crippen LogP contribution is -2.49. The van der Waals surface area contributed by atoms with Gasteiger partial charge in [-0.1, -0.05) is 30.3 Å². The fraction of sp³-hybridized carbons (Fsp3) is 0.381. The van der Waals surface area contributed by atoms with Gasteiger partial charge in [-0.25, -0.2) is 4.79 Å². The van der Waals surface area contributed by atoms with Crippen molar-refractivity contribution in [1.82, 2.24) is 9.80 Å². The van der Waals surface area contributed by atoms with Gasteiger partial charge in [0.15, 0.2) is 11.5 Å². The number of rotatable bonds is 6. The summed E-state index contributed by atoms with van der Waals surface area (Å²) in [7, 11) is 4.65. The van der Waals surface area contributed by atoms with Gasteiger partial charge < -0.3 is 24.4 Å².